The summed E-state index contributed by atoms with van der Waals surface area (Å²) >= 11 is 0. The standard InChI is InChI=1S/C51H65N17O14/c1-7-17-68(18-8-2)23-35(82-81-28(6)59-43(70)26(4)37(49(77)78)63-45(72)30-11-15-32(16-12-30)55-20-34-22-57-41-39(61-34)47(74)67-51(53)65-41)24-79-80-27(5)58-42(69)25(3)36(48(75)76)62-44(71)29-9-13-31(14-10-29)54-19-33-21-56-40-38(60-33)46(73)66-50(52)64-40/h9-16,21-22,25-28,35-37,54-55H,7-8,17-20,23-24H2,1-6H3,(H,58,69)(H,59,70)(H,62,71)(H,63,72)(H,75,76)(H,77,78)(H3,52,56,64,66,73)(H3,53,57,65,67,74). The fourth-order valence-electron chi connectivity index (χ4n) is 7.95. The summed E-state index contributed by atoms with van der Waals surface area (Å²) in [5.41, 5.74) is 12.4. The molecule has 6 aromatic rings. The first-order valence-electron chi connectivity index (χ1n) is 25.8. The van der Waals surface area contributed by atoms with E-state index in [0.717, 1.165) is 12.8 Å². The van der Waals surface area contributed by atoms with Gasteiger partial charge in [-0.3, -0.25) is 38.7 Å². The lowest BCUT2D eigenvalue weighted by molar-refractivity contribution is -0.391. The number of rotatable bonds is 31. The van der Waals surface area contributed by atoms with Crippen LogP contribution in [0.1, 0.15) is 86.5 Å². The van der Waals surface area contributed by atoms with Crippen molar-refractivity contribution in [3.8, 4) is 0 Å². The molecular weight excluding hydrogens is 1070 g/mol. The second-order valence-electron chi connectivity index (χ2n) is 18.8. The molecule has 0 aliphatic heterocycles. The molecule has 4 heterocycles. The Bertz CT molecular complexity index is 3330. The van der Waals surface area contributed by atoms with Gasteiger partial charge in [0.15, 0.2) is 34.8 Å². The highest BCUT2D eigenvalue weighted by atomic mass is 17.2. The van der Waals surface area contributed by atoms with Gasteiger partial charge in [-0.1, -0.05) is 27.7 Å². The highest BCUT2D eigenvalue weighted by Crippen LogP contribution is 2.16. The molecule has 0 bridgehead atoms. The number of anilines is 4. The summed E-state index contributed by atoms with van der Waals surface area (Å²) in [5.74, 6) is -8.87. The third-order valence-electron chi connectivity index (χ3n) is 12.2. The van der Waals surface area contributed by atoms with Crippen molar-refractivity contribution in [1.29, 1.82) is 0 Å². The number of H-pyrrole nitrogens is 2. The monoisotopic (exact) mass is 1140 g/mol. The van der Waals surface area contributed by atoms with Gasteiger partial charge >= 0.3 is 11.9 Å². The summed E-state index contributed by atoms with van der Waals surface area (Å²) in [6.07, 6.45) is 1.31. The number of carbonyl (C=O) groups excluding carboxylic acids is 4. The molecule has 14 N–H and O–H groups in total. The SMILES string of the molecule is CCCN(CCC)CC(COOC(C)NC(=O)C(C)C(NC(=O)c1ccc(NCc2cnc3nc(N)[nH]c(=O)c3n2)cc1)C(=O)O)OOC(C)NC(=O)C(C)C(NC(=O)c1ccc(NCc2cnc3nc(N)[nH]c(=O)c3n2)cc1)C(=O)O. The molecule has 438 valence electrons. The van der Waals surface area contributed by atoms with Crippen molar-refractivity contribution in [3.05, 3.63) is 104 Å². The largest absolute Gasteiger partial charge is 0.480 e. The van der Waals surface area contributed by atoms with Crippen LogP contribution in [0.4, 0.5) is 23.3 Å². The number of nitrogen functional groups attached to an aromatic ring is 2. The number of nitrogens with zero attached hydrogens (tertiary/aromatic N) is 7. The Balaban J connectivity index is 0.953. The number of aromatic nitrogens is 8. The van der Waals surface area contributed by atoms with E-state index in [2.05, 4.69) is 76.7 Å². The van der Waals surface area contributed by atoms with Crippen LogP contribution in [0.15, 0.2) is 70.5 Å². The average Bonchev–Trinajstić information content (AvgIpc) is 3.57. The van der Waals surface area contributed by atoms with Crippen LogP contribution in [0.2, 0.25) is 0 Å². The van der Waals surface area contributed by atoms with E-state index >= 15 is 0 Å². The molecule has 4 aromatic heterocycles. The molecule has 7 unspecified atom stereocenters. The number of hydrogen-bond donors (Lipinski definition) is 12. The first-order valence-corrected chi connectivity index (χ1v) is 25.8. The van der Waals surface area contributed by atoms with Gasteiger partial charge in [0.05, 0.1) is 48.7 Å². The first-order chi connectivity index (χ1) is 39.1. The Kier molecular flexibility index (Phi) is 22.1. The van der Waals surface area contributed by atoms with E-state index in [-0.39, 0.29) is 71.6 Å². The number of nitrogens with one attached hydrogen (secondary N) is 8. The number of aliphatic carboxylic acids is 2. The van der Waals surface area contributed by atoms with Gasteiger partial charge in [-0.25, -0.2) is 49.1 Å². The zero-order valence-electron chi connectivity index (χ0n) is 45.6. The maximum atomic E-state index is 13.4. The summed E-state index contributed by atoms with van der Waals surface area (Å²) in [4.78, 5) is 156. The second-order valence-corrected chi connectivity index (χ2v) is 18.8. The topological polar surface area (TPSA) is 450 Å². The zero-order valence-corrected chi connectivity index (χ0v) is 45.6. The molecule has 0 radical (unpaired) electrons. The maximum Gasteiger partial charge on any atom is 0.327 e. The number of fused-ring (bicyclic) bond motifs is 2. The van der Waals surface area contributed by atoms with E-state index in [1.165, 1.54) is 64.4 Å². The van der Waals surface area contributed by atoms with Crippen LogP contribution in [-0.4, -0.2) is 147 Å². The smallest absolute Gasteiger partial charge is 0.327 e. The van der Waals surface area contributed by atoms with Crippen LogP contribution in [-0.2, 0) is 51.8 Å². The van der Waals surface area contributed by atoms with Gasteiger partial charge in [-0.15, -0.1) is 0 Å². The predicted octanol–water partition coefficient (Wildman–Crippen LogP) is 0.778. The van der Waals surface area contributed by atoms with E-state index in [9.17, 15) is 48.6 Å². The van der Waals surface area contributed by atoms with Crippen LogP contribution >= 0.6 is 0 Å². The summed E-state index contributed by atoms with van der Waals surface area (Å²) in [7, 11) is 0. The number of carboxylic acids is 2. The van der Waals surface area contributed by atoms with Crippen LogP contribution in [0.25, 0.3) is 22.3 Å². The fraction of sp³-hybridized carbons (Fsp3) is 0.412. The van der Waals surface area contributed by atoms with E-state index in [1.54, 1.807) is 24.3 Å². The van der Waals surface area contributed by atoms with Gasteiger partial charge in [0.2, 0.25) is 23.7 Å². The number of nitrogens with two attached hydrogens (primary N) is 2. The fourth-order valence-corrected chi connectivity index (χ4v) is 7.95. The van der Waals surface area contributed by atoms with Gasteiger partial charge < -0.3 is 58.5 Å². The van der Waals surface area contributed by atoms with Gasteiger partial charge in [0.1, 0.15) is 24.8 Å². The minimum Gasteiger partial charge on any atom is -0.480 e. The van der Waals surface area contributed by atoms with Gasteiger partial charge in [-0.2, -0.15) is 9.97 Å². The molecule has 82 heavy (non-hydrogen) atoms. The molecule has 0 saturated heterocycles. The minimum absolute atomic E-state index is 0.00961. The highest BCUT2D eigenvalue weighted by Gasteiger charge is 2.34. The predicted molar refractivity (Wildman–Crippen MR) is 294 cm³/mol. The minimum atomic E-state index is -1.66. The zero-order chi connectivity index (χ0) is 59.6. The molecule has 31 heteroatoms. The molecular formula is C51H65N17O14. The Labute approximate surface area is 467 Å². The Morgan fingerprint density at radius 3 is 1.41 bits per heavy atom. The summed E-state index contributed by atoms with van der Waals surface area (Å²) in [6, 6.07) is 8.73. The molecule has 4 amide bonds. The van der Waals surface area contributed by atoms with E-state index in [1.807, 2.05) is 13.8 Å². The van der Waals surface area contributed by atoms with Gasteiger partial charge in [0, 0.05) is 29.0 Å². The van der Waals surface area contributed by atoms with Crippen LogP contribution in [0, 0.1) is 11.8 Å². The lowest BCUT2D eigenvalue weighted by Gasteiger charge is -2.28. The van der Waals surface area contributed by atoms with Crippen molar-refractivity contribution < 1.29 is 58.5 Å². The molecule has 0 aliphatic carbocycles. The van der Waals surface area contributed by atoms with Crippen LogP contribution in [0.5, 0.6) is 0 Å². The number of benzene rings is 2. The Morgan fingerprint density at radius 2 is 1.01 bits per heavy atom. The number of hydrogen-bond acceptors (Lipinski definition) is 23. The summed E-state index contributed by atoms with van der Waals surface area (Å²) in [5, 5.41) is 36.1. The number of carbonyl (C=O) groups is 6. The van der Waals surface area contributed by atoms with E-state index in [0.29, 0.717) is 35.9 Å². The van der Waals surface area contributed by atoms with Crippen LogP contribution in [0.3, 0.4) is 0 Å². The first kappa shape index (κ1) is 61.9. The second kappa shape index (κ2) is 29.2. The molecule has 31 nitrogen and oxygen atoms in total. The van der Waals surface area contributed by atoms with Crippen LogP contribution < -0.4 is 54.5 Å². The van der Waals surface area contributed by atoms with Crippen molar-refractivity contribution in [2.24, 2.45) is 11.8 Å². The number of aromatic amines is 2. The quantitative estimate of drug-likeness (QED) is 0.0162. The molecule has 0 aliphatic rings. The third-order valence-corrected chi connectivity index (χ3v) is 12.2. The molecule has 7 atom stereocenters. The van der Waals surface area contributed by atoms with E-state index in [4.69, 9.17) is 31.0 Å². The average molecular weight is 1140 g/mol. The molecule has 2 aromatic carbocycles. The van der Waals surface area contributed by atoms with Crippen molar-refractivity contribution in [2.45, 2.75) is 98.1 Å². The Hall–Kier alpha value is -9.30. The lowest BCUT2D eigenvalue weighted by Crippen LogP contribution is -2.51. The summed E-state index contributed by atoms with van der Waals surface area (Å²) < 4.78 is 0. The summed E-state index contributed by atoms with van der Waals surface area (Å²) in [6.45, 7) is 11.1. The van der Waals surface area contributed by atoms with Gasteiger partial charge in [-0.05, 0) is 88.3 Å². The Morgan fingerprint density at radius 1 is 0.598 bits per heavy atom. The van der Waals surface area contributed by atoms with E-state index < -0.39 is 89.2 Å². The highest BCUT2D eigenvalue weighted by molar-refractivity contribution is 5.99. The van der Waals surface area contributed by atoms with Crippen molar-refractivity contribution in [1.82, 2.24) is 66.0 Å². The molecule has 0 saturated carbocycles. The maximum absolute atomic E-state index is 13.4. The number of carboxylic acid groups (broad SMARTS) is 2. The molecule has 6 rings (SSSR count). The normalized spacial score (nSPS) is 13.9. The van der Waals surface area contributed by atoms with Crippen molar-refractivity contribution in [2.75, 3.05) is 48.3 Å². The lowest BCUT2D eigenvalue weighted by atomic mass is 10.0. The third kappa shape index (κ3) is 17.6. The van der Waals surface area contributed by atoms with Gasteiger partial charge in [0.25, 0.3) is 22.9 Å². The van der Waals surface area contributed by atoms with Crippen molar-refractivity contribution in [3.63, 3.8) is 0 Å². The molecule has 0 spiro atoms. The molecule has 0 fully saturated rings. The number of amides is 4. The van der Waals surface area contributed by atoms with Crippen molar-refractivity contribution >= 4 is 81.2 Å².